The molecule has 0 spiro atoms. The molecule has 4 nitrogen and oxygen atoms in total. The van der Waals surface area contributed by atoms with Gasteiger partial charge in [0, 0.05) is 6.54 Å². The average Bonchev–Trinajstić information content (AvgIpc) is 1.98. The number of esters is 1. The molecule has 0 rings (SSSR count). The van der Waals surface area contributed by atoms with Crippen LogP contribution in [0.2, 0.25) is 0 Å². The zero-order valence-corrected chi connectivity index (χ0v) is 7.52. The van der Waals surface area contributed by atoms with E-state index in [9.17, 15) is 4.79 Å². The highest BCUT2D eigenvalue weighted by Gasteiger charge is 2.11. The molecule has 0 saturated carbocycles. The lowest BCUT2D eigenvalue weighted by molar-refractivity contribution is -0.152. The number of ether oxygens (including phenoxy) is 2. The van der Waals surface area contributed by atoms with Crippen molar-refractivity contribution in [1.82, 2.24) is 0 Å². The monoisotopic (exact) mass is 183 g/mol. The van der Waals surface area contributed by atoms with E-state index in [1.165, 1.54) is 7.11 Å². The van der Waals surface area contributed by atoms with Crippen molar-refractivity contribution in [2.75, 3.05) is 20.3 Å². The molecule has 0 radical (unpaired) electrons. The van der Waals surface area contributed by atoms with Gasteiger partial charge in [-0.15, -0.1) is 12.4 Å². The Morgan fingerprint density at radius 2 is 2.18 bits per heavy atom. The maximum Gasteiger partial charge on any atom is 0.334 e. The third-order valence-corrected chi connectivity index (χ3v) is 1.02. The van der Waals surface area contributed by atoms with Crippen LogP contribution < -0.4 is 5.73 Å². The molecular weight excluding hydrogens is 170 g/mol. The number of hydrogen-bond acceptors (Lipinski definition) is 4. The van der Waals surface area contributed by atoms with E-state index in [1.807, 2.05) is 0 Å². The average molecular weight is 184 g/mol. The van der Waals surface area contributed by atoms with E-state index in [0.717, 1.165) is 0 Å². The number of methoxy groups -OCH3 is 1. The van der Waals surface area contributed by atoms with Crippen LogP contribution in [0.3, 0.4) is 0 Å². The van der Waals surface area contributed by atoms with Crippen molar-refractivity contribution >= 4 is 18.4 Å². The van der Waals surface area contributed by atoms with Gasteiger partial charge in [0.25, 0.3) is 0 Å². The summed E-state index contributed by atoms with van der Waals surface area (Å²) in [7, 11) is 1.32. The first-order valence-electron chi connectivity index (χ1n) is 3.12. The van der Waals surface area contributed by atoms with E-state index < -0.39 is 6.10 Å². The molecule has 0 aliphatic rings. The Bertz CT molecular complexity index is 110. The summed E-state index contributed by atoms with van der Waals surface area (Å²) < 4.78 is 9.35. The van der Waals surface area contributed by atoms with Crippen molar-refractivity contribution in [1.29, 1.82) is 0 Å². The quantitative estimate of drug-likeness (QED) is 0.621. The lowest BCUT2D eigenvalue weighted by Crippen LogP contribution is -2.24. The van der Waals surface area contributed by atoms with Gasteiger partial charge in [0.05, 0.1) is 13.7 Å². The number of nitrogens with two attached hydrogens (primary N) is 1. The third kappa shape index (κ3) is 6.09. The highest BCUT2D eigenvalue weighted by atomic mass is 35.5. The van der Waals surface area contributed by atoms with Crippen molar-refractivity contribution in [2.24, 2.45) is 5.73 Å². The first kappa shape index (κ1) is 13.3. The molecule has 0 bridgehead atoms. The summed E-state index contributed by atoms with van der Waals surface area (Å²) >= 11 is 0. The van der Waals surface area contributed by atoms with Crippen LogP contribution in [0.1, 0.15) is 6.92 Å². The minimum Gasteiger partial charge on any atom is -0.467 e. The first-order chi connectivity index (χ1) is 4.72. The Hall–Kier alpha value is -0.320. The van der Waals surface area contributed by atoms with E-state index in [1.54, 1.807) is 6.92 Å². The van der Waals surface area contributed by atoms with Crippen molar-refractivity contribution in [3.63, 3.8) is 0 Å². The fourth-order valence-corrected chi connectivity index (χ4v) is 0.479. The van der Waals surface area contributed by atoms with Crippen LogP contribution >= 0.6 is 12.4 Å². The number of carbonyl (C=O) groups excluding carboxylic acids is 1. The summed E-state index contributed by atoms with van der Waals surface area (Å²) in [6.45, 7) is 2.43. The molecule has 0 saturated heterocycles. The Morgan fingerprint density at radius 3 is 2.55 bits per heavy atom. The molecule has 11 heavy (non-hydrogen) atoms. The van der Waals surface area contributed by atoms with Gasteiger partial charge < -0.3 is 15.2 Å². The van der Waals surface area contributed by atoms with Gasteiger partial charge in [0.1, 0.15) is 0 Å². The summed E-state index contributed by atoms with van der Waals surface area (Å²) in [5, 5.41) is 0. The molecule has 5 heteroatoms. The number of carbonyl (C=O) groups is 1. The van der Waals surface area contributed by atoms with Crippen molar-refractivity contribution in [2.45, 2.75) is 13.0 Å². The van der Waals surface area contributed by atoms with Crippen LogP contribution in [0, 0.1) is 0 Å². The van der Waals surface area contributed by atoms with Crippen LogP contribution in [0.4, 0.5) is 0 Å². The molecule has 0 aromatic carbocycles. The van der Waals surface area contributed by atoms with Gasteiger partial charge >= 0.3 is 5.97 Å². The smallest absolute Gasteiger partial charge is 0.334 e. The summed E-state index contributed by atoms with van der Waals surface area (Å²) in [6, 6.07) is 0. The maximum absolute atomic E-state index is 10.6. The van der Waals surface area contributed by atoms with Crippen LogP contribution in [-0.2, 0) is 14.3 Å². The minimum absolute atomic E-state index is 0. The van der Waals surface area contributed by atoms with E-state index in [2.05, 4.69) is 4.74 Å². The molecule has 0 aromatic heterocycles. The molecule has 0 aliphatic heterocycles. The number of rotatable bonds is 4. The standard InChI is InChI=1S/C6H13NO3.ClH/c1-5(6(8)9-2)10-4-3-7;/h5H,3-4,7H2,1-2H3;1H. The second kappa shape index (κ2) is 7.78. The number of hydrogen-bond donors (Lipinski definition) is 1. The zero-order valence-electron chi connectivity index (χ0n) is 6.70. The predicted molar refractivity (Wildman–Crippen MR) is 43.7 cm³/mol. The molecule has 0 aromatic rings. The Kier molecular flexibility index (Phi) is 9.40. The van der Waals surface area contributed by atoms with E-state index in [4.69, 9.17) is 10.5 Å². The summed E-state index contributed by atoms with van der Waals surface area (Å²) in [4.78, 5) is 10.6. The zero-order chi connectivity index (χ0) is 7.98. The molecule has 0 aliphatic carbocycles. The van der Waals surface area contributed by atoms with Gasteiger partial charge in [-0.25, -0.2) is 4.79 Å². The summed E-state index contributed by atoms with van der Waals surface area (Å²) in [5.74, 6) is -0.367. The fourth-order valence-electron chi connectivity index (χ4n) is 0.479. The predicted octanol–water partition coefficient (Wildman–Crippen LogP) is -0.0550. The van der Waals surface area contributed by atoms with Crippen molar-refractivity contribution in [3.8, 4) is 0 Å². The van der Waals surface area contributed by atoms with Gasteiger partial charge in [-0.2, -0.15) is 0 Å². The molecule has 0 amide bonds. The second-order valence-corrected chi connectivity index (χ2v) is 1.82. The first-order valence-corrected chi connectivity index (χ1v) is 3.12. The fraction of sp³-hybridized carbons (Fsp3) is 0.833. The largest absolute Gasteiger partial charge is 0.467 e. The van der Waals surface area contributed by atoms with Crippen molar-refractivity contribution in [3.05, 3.63) is 0 Å². The molecule has 0 fully saturated rings. The Labute approximate surface area is 72.4 Å². The SMILES string of the molecule is COC(=O)C(C)OCCN.Cl. The van der Waals surface area contributed by atoms with E-state index >= 15 is 0 Å². The lowest BCUT2D eigenvalue weighted by atomic mass is 10.4. The Morgan fingerprint density at radius 1 is 1.64 bits per heavy atom. The van der Waals surface area contributed by atoms with Gasteiger partial charge in [-0.05, 0) is 6.92 Å². The van der Waals surface area contributed by atoms with Crippen LogP contribution in [0.15, 0.2) is 0 Å². The molecule has 0 heterocycles. The van der Waals surface area contributed by atoms with E-state index in [0.29, 0.717) is 13.2 Å². The molecule has 68 valence electrons. The maximum atomic E-state index is 10.6. The minimum atomic E-state index is -0.506. The normalized spacial score (nSPS) is 11.5. The Balaban J connectivity index is 0. The van der Waals surface area contributed by atoms with Crippen LogP contribution in [0.25, 0.3) is 0 Å². The third-order valence-electron chi connectivity index (χ3n) is 1.02. The molecular formula is C6H14ClNO3. The highest BCUT2D eigenvalue weighted by molar-refractivity contribution is 5.85. The topological polar surface area (TPSA) is 61.5 Å². The van der Waals surface area contributed by atoms with E-state index in [-0.39, 0.29) is 18.4 Å². The van der Waals surface area contributed by atoms with Gasteiger partial charge in [0.2, 0.25) is 0 Å². The van der Waals surface area contributed by atoms with Crippen LogP contribution in [0.5, 0.6) is 0 Å². The van der Waals surface area contributed by atoms with Gasteiger partial charge in [0.15, 0.2) is 6.10 Å². The molecule has 2 N–H and O–H groups in total. The lowest BCUT2D eigenvalue weighted by Gasteiger charge is -2.08. The highest BCUT2D eigenvalue weighted by Crippen LogP contribution is 1.91. The van der Waals surface area contributed by atoms with Gasteiger partial charge in [-0.3, -0.25) is 0 Å². The number of halogens is 1. The molecule has 1 unspecified atom stereocenters. The molecule has 1 atom stereocenters. The summed E-state index contributed by atoms with van der Waals surface area (Å²) in [5.41, 5.74) is 5.14. The second-order valence-electron chi connectivity index (χ2n) is 1.82. The van der Waals surface area contributed by atoms with Crippen molar-refractivity contribution < 1.29 is 14.3 Å². The van der Waals surface area contributed by atoms with Crippen LogP contribution in [-0.4, -0.2) is 32.3 Å². The summed E-state index contributed by atoms with van der Waals surface area (Å²) in [6.07, 6.45) is -0.506. The van der Waals surface area contributed by atoms with Gasteiger partial charge in [-0.1, -0.05) is 0 Å².